The molecule has 3 heterocycles. The second-order valence-corrected chi connectivity index (χ2v) is 12.9. The summed E-state index contributed by atoms with van der Waals surface area (Å²) in [6.07, 6.45) is 0.00995. The Morgan fingerprint density at radius 1 is 1.00 bits per heavy atom. The number of benzene rings is 1. The number of carbonyl (C=O) groups is 4. The maximum atomic E-state index is 13.5. The van der Waals surface area contributed by atoms with Crippen LogP contribution in [0.2, 0.25) is 0 Å². The van der Waals surface area contributed by atoms with Gasteiger partial charge in [-0.25, -0.2) is 14.8 Å². The maximum Gasteiger partial charge on any atom is 0.522 e. The summed E-state index contributed by atoms with van der Waals surface area (Å²) in [5.41, 5.74) is -4.77. The van der Waals surface area contributed by atoms with E-state index in [-0.39, 0.29) is 51.3 Å². The number of aromatic nitrogens is 2. The number of halogens is 3. The fourth-order valence-corrected chi connectivity index (χ4v) is 5.02. The predicted octanol–water partition coefficient (Wildman–Crippen LogP) is 1.94. The van der Waals surface area contributed by atoms with Crippen molar-refractivity contribution in [1.82, 2.24) is 30.0 Å². The molecule has 2 fully saturated rings. The summed E-state index contributed by atoms with van der Waals surface area (Å²) in [7, 11) is -5.84. The molecular formula is C31H42F3N7O10S. The van der Waals surface area contributed by atoms with Crippen molar-refractivity contribution in [3.63, 3.8) is 0 Å². The van der Waals surface area contributed by atoms with Crippen molar-refractivity contribution >= 4 is 39.8 Å². The first kappa shape index (κ1) is 41.8. The van der Waals surface area contributed by atoms with E-state index < -0.39 is 45.5 Å². The van der Waals surface area contributed by atoms with Crippen LogP contribution in [-0.4, -0.2) is 150 Å². The third-order valence-corrected chi connectivity index (χ3v) is 8.30. The summed E-state index contributed by atoms with van der Waals surface area (Å²) < 4.78 is 68.0. The number of amides is 3. The highest BCUT2D eigenvalue weighted by Crippen LogP contribution is 2.21. The monoisotopic (exact) mass is 761 g/mol. The number of carbonyl (C=O) groups excluding carboxylic acids is 3. The number of anilines is 1. The number of aliphatic carboxylic acids is 1. The molecule has 2 saturated heterocycles. The normalized spacial score (nSPS) is 15.9. The topological polar surface area (TPSA) is 221 Å². The lowest BCUT2D eigenvalue weighted by Crippen LogP contribution is -2.56. The zero-order chi connectivity index (χ0) is 38.3. The molecule has 2 aliphatic heterocycles. The van der Waals surface area contributed by atoms with E-state index in [9.17, 15) is 37.5 Å². The fourth-order valence-electron chi connectivity index (χ4n) is 5.02. The van der Waals surface area contributed by atoms with E-state index in [0.717, 1.165) is 44.8 Å². The van der Waals surface area contributed by atoms with Gasteiger partial charge in [-0.2, -0.15) is 21.6 Å². The van der Waals surface area contributed by atoms with Gasteiger partial charge in [-0.1, -0.05) is 30.3 Å². The van der Waals surface area contributed by atoms with E-state index >= 15 is 0 Å². The Morgan fingerprint density at radius 3 is 2.19 bits per heavy atom. The van der Waals surface area contributed by atoms with E-state index in [4.69, 9.17) is 22.4 Å². The van der Waals surface area contributed by atoms with Crippen molar-refractivity contribution in [2.24, 2.45) is 0 Å². The van der Waals surface area contributed by atoms with Crippen molar-refractivity contribution in [3.8, 4) is 11.4 Å². The number of ether oxygens (including phenoxy) is 2. The lowest BCUT2D eigenvalue weighted by Gasteiger charge is -2.35. The number of nitrogens with zero attached hydrogens (tertiary/aromatic N) is 5. The molecule has 0 bridgehead atoms. The molecular weight excluding hydrogens is 719 g/mol. The number of hydrogen-bond donors (Lipinski definition) is 4. The number of rotatable bonds is 13. The molecule has 17 nitrogen and oxygen atoms in total. The molecule has 3 amide bonds. The van der Waals surface area contributed by atoms with Crippen LogP contribution in [0.5, 0.6) is 0 Å². The van der Waals surface area contributed by atoms with Crippen molar-refractivity contribution in [2.75, 3.05) is 77.5 Å². The molecule has 2 aliphatic rings. The van der Waals surface area contributed by atoms with Crippen molar-refractivity contribution < 1.29 is 59.9 Å². The van der Waals surface area contributed by atoms with Crippen LogP contribution >= 0.6 is 0 Å². The maximum absolute atomic E-state index is 13.5. The lowest BCUT2D eigenvalue weighted by atomic mass is 10.1. The van der Waals surface area contributed by atoms with Crippen molar-refractivity contribution in [3.05, 3.63) is 42.1 Å². The van der Waals surface area contributed by atoms with Gasteiger partial charge in [-0.05, 0) is 26.3 Å². The van der Waals surface area contributed by atoms with Crippen LogP contribution in [0.4, 0.5) is 23.8 Å². The molecule has 2 aromatic rings. The van der Waals surface area contributed by atoms with Gasteiger partial charge in [-0.3, -0.25) is 23.8 Å². The Balaban J connectivity index is 0.000000815. The van der Waals surface area contributed by atoms with Crippen molar-refractivity contribution in [2.45, 2.75) is 37.7 Å². The minimum atomic E-state index is -5.84. The Hall–Kier alpha value is -4.60. The molecule has 1 atom stereocenters. The summed E-state index contributed by atoms with van der Waals surface area (Å²) in [6.45, 7) is 7.80. The molecule has 52 heavy (non-hydrogen) atoms. The summed E-state index contributed by atoms with van der Waals surface area (Å²) in [4.78, 5) is 64.9. The quantitative estimate of drug-likeness (QED) is 0.130. The van der Waals surface area contributed by atoms with Crippen LogP contribution in [0, 0.1) is 0 Å². The second kappa shape index (κ2) is 19.9. The molecule has 288 valence electrons. The van der Waals surface area contributed by atoms with Gasteiger partial charge in [0, 0.05) is 63.9 Å². The minimum Gasteiger partial charge on any atom is -0.481 e. The molecule has 1 unspecified atom stereocenters. The Labute approximate surface area is 298 Å². The van der Waals surface area contributed by atoms with E-state index in [1.807, 2.05) is 30.3 Å². The van der Waals surface area contributed by atoms with Gasteiger partial charge in [0.2, 0.25) is 5.91 Å². The third kappa shape index (κ3) is 13.5. The van der Waals surface area contributed by atoms with Crippen LogP contribution in [0.15, 0.2) is 36.4 Å². The van der Waals surface area contributed by atoms with Gasteiger partial charge in [-0.15, -0.1) is 0 Å². The van der Waals surface area contributed by atoms with E-state index in [1.165, 1.54) is 15.9 Å². The first-order valence-electron chi connectivity index (χ1n) is 16.3. The van der Waals surface area contributed by atoms with Gasteiger partial charge >= 0.3 is 27.7 Å². The summed E-state index contributed by atoms with van der Waals surface area (Å²) in [5.74, 6) is -1.30. The number of morpholine rings is 1. The standard InChI is InChI=1S/C30H41N7O7.CHF3O3S/c1-2-44-30(42)37-15-13-36(14-16-37)29(41)23(9-10-26(38)39)33-28(40)24-21-25(31-11-6-12-35-17-19-43-20-18-35)34-27(32-24)22-7-4-3-5-8-22;2-1(3,4)8(5,6)7/h3-5,7-8,21,23H,2,6,9-20H2,1H3,(H,33,40)(H,38,39)(H,31,32,34);(H,5,6,7). The highest BCUT2D eigenvalue weighted by atomic mass is 32.2. The zero-order valence-electron chi connectivity index (χ0n) is 28.4. The molecule has 0 aliphatic carbocycles. The predicted molar refractivity (Wildman–Crippen MR) is 179 cm³/mol. The van der Waals surface area contributed by atoms with Crippen LogP contribution in [0.25, 0.3) is 11.4 Å². The number of carboxylic acids is 1. The summed E-state index contributed by atoms with van der Waals surface area (Å²) in [6, 6.07) is 9.70. The molecule has 0 spiro atoms. The van der Waals surface area contributed by atoms with Gasteiger partial charge < -0.3 is 35.0 Å². The first-order valence-corrected chi connectivity index (χ1v) is 17.8. The SMILES string of the molecule is CCOC(=O)N1CCN(C(=O)C(CCC(=O)O)NC(=O)c2cc(NCCCN3CCOCC3)nc(-c3ccccc3)n2)CC1.O=S(=O)(O)C(F)(F)F. The van der Waals surface area contributed by atoms with Crippen LogP contribution in [0.1, 0.15) is 36.7 Å². The molecule has 1 aromatic heterocycles. The second-order valence-electron chi connectivity index (χ2n) is 11.5. The number of piperazine rings is 1. The Morgan fingerprint density at radius 2 is 1.62 bits per heavy atom. The lowest BCUT2D eigenvalue weighted by molar-refractivity contribution is -0.138. The number of hydrogen-bond acceptors (Lipinski definition) is 12. The van der Waals surface area contributed by atoms with Crippen molar-refractivity contribution in [1.29, 1.82) is 0 Å². The van der Waals surface area contributed by atoms with Gasteiger partial charge in [0.15, 0.2) is 5.82 Å². The van der Waals surface area contributed by atoms with Crippen LogP contribution in [0.3, 0.4) is 0 Å². The number of carboxylic acid groups (broad SMARTS) is 1. The highest BCUT2D eigenvalue weighted by molar-refractivity contribution is 7.86. The zero-order valence-corrected chi connectivity index (χ0v) is 29.2. The minimum absolute atomic E-state index is 0.0507. The number of nitrogens with one attached hydrogen (secondary N) is 2. The van der Waals surface area contributed by atoms with Crippen LogP contribution in [-0.2, 0) is 29.2 Å². The molecule has 4 rings (SSSR count). The molecule has 21 heteroatoms. The smallest absolute Gasteiger partial charge is 0.481 e. The average molecular weight is 762 g/mol. The van der Waals surface area contributed by atoms with Gasteiger partial charge in [0.1, 0.15) is 17.6 Å². The summed E-state index contributed by atoms with van der Waals surface area (Å²) in [5, 5.41) is 15.3. The van der Waals surface area contributed by atoms with E-state index in [0.29, 0.717) is 18.2 Å². The third-order valence-electron chi connectivity index (χ3n) is 7.71. The fraction of sp³-hybridized carbons (Fsp3) is 0.548. The summed E-state index contributed by atoms with van der Waals surface area (Å²) >= 11 is 0. The van der Waals surface area contributed by atoms with Gasteiger partial charge in [0.05, 0.1) is 19.8 Å². The van der Waals surface area contributed by atoms with Gasteiger partial charge in [0.25, 0.3) is 5.91 Å². The van der Waals surface area contributed by atoms with E-state index in [1.54, 1.807) is 6.92 Å². The molecule has 1 aromatic carbocycles. The molecule has 0 radical (unpaired) electrons. The molecule has 0 saturated carbocycles. The van der Waals surface area contributed by atoms with E-state index in [2.05, 4.69) is 25.5 Å². The van der Waals surface area contributed by atoms with Crippen LogP contribution < -0.4 is 10.6 Å². The Kier molecular flexibility index (Phi) is 16.0. The Bertz CT molecular complexity index is 1610. The first-order chi connectivity index (χ1) is 24.6. The largest absolute Gasteiger partial charge is 0.522 e. The highest BCUT2D eigenvalue weighted by Gasteiger charge is 2.44. The average Bonchev–Trinajstić information content (AvgIpc) is 3.11. The number of alkyl halides is 3. The molecule has 4 N–H and O–H groups in total.